The van der Waals surface area contributed by atoms with Crippen LogP contribution in [-0.4, -0.2) is 44.6 Å². The second-order valence-corrected chi connectivity index (χ2v) is 6.67. The van der Waals surface area contributed by atoms with Gasteiger partial charge in [0.15, 0.2) is 0 Å². The number of thiazole rings is 1. The van der Waals surface area contributed by atoms with Crippen LogP contribution in [0.15, 0.2) is 17.6 Å². The molecule has 0 unspecified atom stereocenters. The topological polar surface area (TPSA) is 90.1 Å². The van der Waals surface area contributed by atoms with Crippen molar-refractivity contribution < 1.29 is 23.1 Å². The van der Waals surface area contributed by atoms with Crippen LogP contribution >= 0.6 is 11.3 Å². The molecule has 1 aliphatic heterocycles. The second kappa shape index (κ2) is 6.92. The third kappa shape index (κ3) is 3.62. The van der Waals surface area contributed by atoms with E-state index in [1.807, 2.05) is 6.07 Å². The maximum Gasteiger partial charge on any atom is 0.408 e. The lowest BCUT2D eigenvalue weighted by Crippen LogP contribution is -2.45. The van der Waals surface area contributed by atoms with Crippen LogP contribution in [0.3, 0.4) is 0 Å². The number of hydrogen-bond acceptors (Lipinski definition) is 6. The Kier molecular flexibility index (Phi) is 4.82. The number of rotatable bonds is 3. The monoisotopic (exact) mass is 382 g/mol. The highest BCUT2D eigenvalue weighted by molar-refractivity contribution is 7.13. The van der Waals surface area contributed by atoms with E-state index in [2.05, 4.69) is 9.97 Å². The average Bonchev–Trinajstić information content (AvgIpc) is 3.23. The van der Waals surface area contributed by atoms with Gasteiger partial charge in [-0.25, -0.2) is 9.97 Å². The summed E-state index contributed by atoms with van der Waals surface area (Å²) in [5.41, 5.74) is 0.654. The number of alkyl halides is 3. The highest BCUT2D eigenvalue weighted by Crippen LogP contribution is 2.34. The third-order valence-electron chi connectivity index (χ3n) is 4.03. The van der Waals surface area contributed by atoms with Gasteiger partial charge in [0.25, 0.3) is 0 Å². The van der Waals surface area contributed by atoms with Crippen molar-refractivity contribution >= 4 is 17.2 Å². The molecular weight excluding hydrogens is 369 g/mol. The van der Waals surface area contributed by atoms with Crippen molar-refractivity contribution in [3.05, 3.63) is 28.9 Å². The molecule has 1 N–H and O–H groups in total. The number of likely N-dealkylation sites (tertiary alicyclic amines) is 1. The Hall–Kier alpha value is -2.67. The van der Waals surface area contributed by atoms with Gasteiger partial charge in [-0.2, -0.15) is 18.4 Å². The molecular formula is C16H13F3N4O2S. The van der Waals surface area contributed by atoms with Gasteiger partial charge in [-0.1, -0.05) is 0 Å². The van der Waals surface area contributed by atoms with E-state index < -0.39 is 18.1 Å². The summed E-state index contributed by atoms with van der Waals surface area (Å²) in [6.07, 6.45) is -3.17. The van der Waals surface area contributed by atoms with Crippen LogP contribution in [0.25, 0.3) is 10.7 Å². The second-order valence-electron chi connectivity index (χ2n) is 5.81. The summed E-state index contributed by atoms with van der Waals surface area (Å²) >= 11 is 1.11. The molecule has 136 valence electrons. The number of halogens is 3. The molecule has 0 aromatic carbocycles. The van der Waals surface area contributed by atoms with Gasteiger partial charge in [0.2, 0.25) is 5.91 Å². The molecule has 3 rings (SSSR count). The van der Waals surface area contributed by atoms with Gasteiger partial charge < -0.3 is 10.0 Å². The Morgan fingerprint density at radius 1 is 1.50 bits per heavy atom. The first-order valence-electron chi connectivity index (χ1n) is 7.69. The molecule has 0 bridgehead atoms. The van der Waals surface area contributed by atoms with E-state index >= 15 is 0 Å². The Bertz CT molecular complexity index is 875. The highest BCUT2D eigenvalue weighted by atomic mass is 32.1. The van der Waals surface area contributed by atoms with Gasteiger partial charge in [-0.3, -0.25) is 4.79 Å². The Balaban J connectivity index is 1.75. The Labute approximate surface area is 150 Å². The molecule has 10 heteroatoms. The van der Waals surface area contributed by atoms with Crippen LogP contribution in [0.4, 0.5) is 13.2 Å². The third-order valence-corrected chi connectivity index (χ3v) is 4.93. The van der Waals surface area contributed by atoms with Crippen LogP contribution in [0.5, 0.6) is 5.75 Å². The summed E-state index contributed by atoms with van der Waals surface area (Å²) in [5, 5.41) is 20.6. The maximum atomic E-state index is 13.0. The van der Waals surface area contributed by atoms with Crippen LogP contribution in [0, 0.1) is 11.3 Å². The number of pyridine rings is 1. The van der Waals surface area contributed by atoms with E-state index in [1.54, 1.807) is 5.38 Å². The lowest BCUT2D eigenvalue weighted by atomic mass is 10.2. The fraction of sp³-hybridized carbons (Fsp3) is 0.375. The molecule has 1 saturated heterocycles. The van der Waals surface area contributed by atoms with Crippen LogP contribution in [0.1, 0.15) is 24.1 Å². The van der Waals surface area contributed by atoms with Gasteiger partial charge in [0, 0.05) is 24.2 Å². The fourth-order valence-electron chi connectivity index (χ4n) is 2.84. The quantitative estimate of drug-likeness (QED) is 0.882. The zero-order valence-electron chi connectivity index (χ0n) is 13.3. The zero-order valence-corrected chi connectivity index (χ0v) is 14.1. The van der Waals surface area contributed by atoms with Crippen LogP contribution < -0.4 is 0 Å². The van der Waals surface area contributed by atoms with Crippen molar-refractivity contribution in [2.45, 2.75) is 31.5 Å². The van der Waals surface area contributed by atoms with Crippen molar-refractivity contribution in [1.82, 2.24) is 14.9 Å². The molecule has 26 heavy (non-hydrogen) atoms. The van der Waals surface area contributed by atoms with E-state index in [4.69, 9.17) is 5.26 Å². The number of hydrogen-bond donors (Lipinski definition) is 1. The summed E-state index contributed by atoms with van der Waals surface area (Å²) in [7, 11) is 0. The number of aromatic nitrogens is 2. The summed E-state index contributed by atoms with van der Waals surface area (Å²) in [5.74, 6) is -0.855. The summed E-state index contributed by atoms with van der Waals surface area (Å²) in [6.45, 7) is 0.0813. The van der Waals surface area contributed by atoms with E-state index in [9.17, 15) is 23.1 Å². The molecule has 1 aliphatic rings. The summed E-state index contributed by atoms with van der Waals surface area (Å²) in [6, 6.07) is 1.35. The highest BCUT2D eigenvalue weighted by Gasteiger charge is 2.47. The minimum atomic E-state index is -4.43. The number of carbonyl (C=O) groups excluding carboxylic acids is 1. The van der Waals surface area contributed by atoms with E-state index in [0.717, 1.165) is 16.2 Å². The van der Waals surface area contributed by atoms with Gasteiger partial charge in [0.05, 0.1) is 17.7 Å². The average molecular weight is 382 g/mol. The molecule has 2 aromatic heterocycles. The van der Waals surface area contributed by atoms with Gasteiger partial charge in [-0.05, 0) is 12.8 Å². The SMILES string of the molecule is N#Cc1cnc(-c2nc(CC(=O)N3CCC[C@@H]3C(F)(F)F)cs2)c(O)c1. The van der Waals surface area contributed by atoms with Gasteiger partial charge in [0.1, 0.15) is 28.6 Å². The normalized spacial score (nSPS) is 17.3. The molecule has 1 amide bonds. The summed E-state index contributed by atoms with van der Waals surface area (Å²) in [4.78, 5) is 21.3. The molecule has 6 nitrogen and oxygen atoms in total. The number of nitriles is 1. The Morgan fingerprint density at radius 3 is 2.92 bits per heavy atom. The fourth-order valence-corrected chi connectivity index (χ4v) is 3.66. The number of carbonyl (C=O) groups is 1. The number of aromatic hydroxyl groups is 1. The molecule has 1 fully saturated rings. The van der Waals surface area contributed by atoms with Gasteiger partial charge >= 0.3 is 6.18 Å². The Morgan fingerprint density at radius 2 is 2.27 bits per heavy atom. The first kappa shape index (κ1) is 18.1. The maximum absolute atomic E-state index is 13.0. The summed E-state index contributed by atoms with van der Waals surface area (Å²) < 4.78 is 38.9. The van der Waals surface area contributed by atoms with Crippen molar-refractivity contribution in [2.24, 2.45) is 0 Å². The molecule has 3 heterocycles. The predicted octanol–water partition coefficient (Wildman–Crippen LogP) is 2.88. The zero-order chi connectivity index (χ0) is 18.9. The van der Waals surface area contributed by atoms with Crippen LogP contribution in [-0.2, 0) is 11.2 Å². The molecule has 2 aromatic rings. The standard InChI is InChI=1S/C16H13F3N4O2S/c17-16(18,19)12-2-1-3-23(12)13(25)5-10-8-26-15(22-10)14-11(24)4-9(6-20)7-21-14/h4,7-8,12,24H,1-3,5H2/t12-/m1/s1. The van der Waals surface area contributed by atoms with E-state index in [0.29, 0.717) is 17.1 Å². The lowest BCUT2D eigenvalue weighted by molar-refractivity contribution is -0.182. The predicted molar refractivity (Wildman–Crippen MR) is 86.2 cm³/mol. The van der Waals surface area contributed by atoms with Crippen molar-refractivity contribution in [2.75, 3.05) is 6.54 Å². The van der Waals surface area contributed by atoms with E-state index in [-0.39, 0.29) is 36.4 Å². The van der Waals surface area contributed by atoms with Crippen molar-refractivity contribution in [3.8, 4) is 22.5 Å². The van der Waals surface area contributed by atoms with Crippen molar-refractivity contribution in [3.63, 3.8) is 0 Å². The smallest absolute Gasteiger partial charge is 0.408 e. The van der Waals surface area contributed by atoms with Crippen molar-refractivity contribution in [1.29, 1.82) is 5.26 Å². The van der Waals surface area contributed by atoms with E-state index in [1.165, 1.54) is 12.3 Å². The molecule has 0 spiro atoms. The molecule has 0 aliphatic carbocycles. The van der Waals surface area contributed by atoms with Gasteiger partial charge in [-0.15, -0.1) is 11.3 Å². The minimum absolute atomic E-state index is 0.0813. The first-order valence-corrected chi connectivity index (χ1v) is 8.57. The number of nitrogens with zero attached hydrogens (tertiary/aromatic N) is 4. The lowest BCUT2D eigenvalue weighted by Gasteiger charge is -2.26. The molecule has 1 atom stereocenters. The first-order chi connectivity index (χ1) is 12.3. The largest absolute Gasteiger partial charge is 0.506 e. The van der Waals surface area contributed by atoms with Crippen LogP contribution in [0.2, 0.25) is 0 Å². The minimum Gasteiger partial charge on any atom is -0.506 e. The molecule has 0 radical (unpaired) electrons. The molecule has 0 saturated carbocycles. The number of amides is 1.